The molecule has 0 atom stereocenters. The molecular weight excluding hydrogens is 304 g/mol. The average molecular weight is 325 g/mol. The normalized spacial score (nSPS) is 22.7. The highest BCUT2D eigenvalue weighted by molar-refractivity contribution is 9.10. The van der Waals surface area contributed by atoms with Crippen LogP contribution in [0.5, 0.6) is 0 Å². The number of amides is 1. The van der Waals surface area contributed by atoms with E-state index in [1.165, 1.54) is 5.56 Å². The van der Waals surface area contributed by atoms with Gasteiger partial charge in [-0.05, 0) is 24.5 Å². The first-order valence-corrected chi connectivity index (χ1v) is 7.48. The summed E-state index contributed by atoms with van der Waals surface area (Å²) in [7, 11) is 0. The number of rotatable bonds is 4. The van der Waals surface area contributed by atoms with Crippen molar-refractivity contribution in [3.05, 3.63) is 34.3 Å². The summed E-state index contributed by atoms with van der Waals surface area (Å²) in [5.74, 6) is 0.256. The van der Waals surface area contributed by atoms with Gasteiger partial charge in [0.2, 0.25) is 5.91 Å². The minimum Gasteiger partial charge on any atom is -0.355 e. The Bertz CT molecular complexity index is 467. The lowest BCUT2D eigenvalue weighted by atomic mass is 9.79. The van der Waals surface area contributed by atoms with Crippen LogP contribution in [0.3, 0.4) is 0 Å². The smallest absolute Gasteiger partial charge is 0.223 e. The van der Waals surface area contributed by atoms with Gasteiger partial charge in [0.05, 0.1) is 0 Å². The molecule has 3 nitrogen and oxygen atoms in total. The molecule has 0 heterocycles. The summed E-state index contributed by atoms with van der Waals surface area (Å²) in [5, 5.41) is 3.06. The summed E-state index contributed by atoms with van der Waals surface area (Å²) in [4.78, 5) is 12.0. The minimum atomic E-state index is -0.0956. The maximum Gasteiger partial charge on any atom is 0.223 e. The van der Waals surface area contributed by atoms with Gasteiger partial charge >= 0.3 is 0 Å². The Morgan fingerprint density at radius 2 is 2.05 bits per heavy atom. The summed E-state index contributed by atoms with van der Waals surface area (Å²) in [6, 6.07) is 8.36. The zero-order chi connectivity index (χ0) is 14.0. The SMILES string of the molecule is CC(C)(CNC(=O)C1CC(N)C1)c1ccccc1Br. The van der Waals surface area contributed by atoms with Gasteiger partial charge in [0.15, 0.2) is 0 Å². The molecule has 1 aromatic carbocycles. The maximum absolute atomic E-state index is 12.0. The van der Waals surface area contributed by atoms with E-state index >= 15 is 0 Å². The molecule has 1 saturated carbocycles. The van der Waals surface area contributed by atoms with Crippen molar-refractivity contribution < 1.29 is 4.79 Å². The van der Waals surface area contributed by atoms with Crippen LogP contribution in [0.15, 0.2) is 28.7 Å². The number of hydrogen-bond donors (Lipinski definition) is 2. The monoisotopic (exact) mass is 324 g/mol. The van der Waals surface area contributed by atoms with Crippen LogP contribution in [0.1, 0.15) is 32.3 Å². The topological polar surface area (TPSA) is 55.1 Å². The van der Waals surface area contributed by atoms with E-state index in [0.717, 1.165) is 17.3 Å². The minimum absolute atomic E-state index is 0.0956. The standard InChI is InChI=1S/C15H21BrN2O/c1-15(2,12-5-3-4-6-13(12)16)9-18-14(19)10-7-11(17)8-10/h3-6,10-11H,7-9,17H2,1-2H3,(H,18,19). The molecule has 2 rings (SSSR count). The number of carbonyl (C=O) groups excluding carboxylic acids is 1. The lowest BCUT2D eigenvalue weighted by Crippen LogP contribution is -2.47. The van der Waals surface area contributed by atoms with Crippen molar-refractivity contribution in [3.63, 3.8) is 0 Å². The largest absolute Gasteiger partial charge is 0.355 e. The van der Waals surface area contributed by atoms with E-state index in [0.29, 0.717) is 6.54 Å². The lowest BCUT2D eigenvalue weighted by molar-refractivity contribution is -0.128. The predicted molar refractivity (Wildman–Crippen MR) is 80.9 cm³/mol. The van der Waals surface area contributed by atoms with Crippen molar-refractivity contribution in [2.75, 3.05) is 6.54 Å². The quantitative estimate of drug-likeness (QED) is 0.894. The molecule has 19 heavy (non-hydrogen) atoms. The third kappa shape index (κ3) is 3.37. The van der Waals surface area contributed by atoms with Gasteiger partial charge in [0, 0.05) is 28.4 Å². The number of carbonyl (C=O) groups is 1. The second kappa shape index (κ2) is 5.63. The van der Waals surface area contributed by atoms with E-state index in [4.69, 9.17) is 5.73 Å². The molecule has 4 heteroatoms. The van der Waals surface area contributed by atoms with Crippen molar-refractivity contribution in [2.24, 2.45) is 11.7 Å². The van der Waals surface area contributed by atoms with Crippen molar-refractivity contribution in [2.45, 2.75) is 38.1 Å². The molecule has 0 unspecified atom stereocenters. The number of halogens is 1. The number of nitrogens with two attached hydrogens (primary N) is 1. The van der Waals surface area contributed by atoms with Gasteiger partial charge in [-0.15, -0.1) is 0 Å². The van der Waals surface area contributed by atoms with Crippen LogP contribution in [0.25, 0.3) is 0 Å². The zero-order valence-corrected chi connectivity index (χ0v) is 13.0. The first-order valence-electron chi connectivity index (χ1n) is 6.68. The van der Waals surface area contributed by atoms with Crippen LogP contribution >= 0.6 is 15.9 Å². The fraction of sp³-hybridized carbons (Fsp3) is 0.533. The van der Waals surface area contributed by atoms with Gasteiger partial charge in [-0.25, -0.2) is 0 Å². The second-order valence-electron chi connectivity index (χ2n) is 6.01. The Morgan fingerprint density at radius 3 is 2.63 bits per heavy atom. The predicted octanol–water partition coefficient (Wildman–Crippen LogP) is 2.58. The van der Waals surface area contributed by atoms with E-state index in [1.54, 1.807) is 0 Å². The van der Waals surface area contributed by atoms with Gasteiger partial charge in [0.1, 0.15) is 0 Å². The highest BCUT2D eigenvalue weighted by Gasteiger charge is 2.33. The summed E-state index contributed by atoms with van der Waals surface area (Å²) in [6.45, 7) is 4.92. The number of nitrogens with one attached hydrogen (secondary N) is 1. The molecule has 0 radical (unpaired) electrons. The molecule has 1 aliphatic rings. The summed E-state index contributed by atoms with van der Waals surface area (Å²) >= 11 is 3.57. The molecule has 0 saturated heterocycles. The Kier molecular flexibility index (Phi) is 4.31. The Balaban J connectivity index is 1.94. The Labute approximate surface area is 123 Å². The van der Waals surface area contributed by atoms with Crippen molar-refractivity contribution >= 4 is 21.8 Å². The highest BCUT2D eigenvalue weighted by atomic mass is 79.9. The van der Waals surface area contributed by atoms with Crippen molar-refractivity contribution in [1.29, 1.82) is 0 Å². The van der Waals surface area contributed by atoms with E-state index in [-0.39, 0.29) is 23.3 Å². The van der Waals surface area contributed by atoms with E-state index in [2.05, 4.69) is 41.2 Å². The van der Waals surface area contributed by atoms with Crippen LogP contribution < -0.4 is 11.1 Å². The number of benzene rings is 1. The summed E-state index contributed by atoms with van der Waals surface area (Å²) < 4.78 is 1.08. The molecule has 0 aromatic heterocycles. The fourth-order valence-corrected chi connectivity index (χ4v) is 3.26. The van der Waals surface area contributed by atoms with Gasteiger partial charge in [-0.2, -0.15) is 0 Å². The van der Waals surface area contributed by atoms with Gasteiger partial charge < -0.3 is 11.1 Å². The molecule has 0 aliphatic heterocycles. The molecule has 3 N–H and O–H groups in total. The second-order valence-corrected chi connectivity index (χ2v) is 6.86. The van der Waals surface area contributed by atoms with Gasteiger partial charge in [-0.1, -0.05) is 48.0 Å². The Hall–Kier alpha value is -0.870. The van der Waals surface area contributed by atoms with Crippen LogP contribution in [-0.4, -0.2) is 18.5 Å². The first-order chi connectivity index (χ1) is 8.90. The van der Waals surface area contributed by atoms with Gasteiger partial charge in [0.25, 0.3) is 0 Å². The maximum atomic E-state index is 12.0. The number of hydrogen-bond acceptors (Lipinski definition) is 2. The molecule has 104 valence electrons. The molecule has 1 fully saturated rings. The van der Waals surface area contributed by atoms with Crippen molar-refractivity contribution in [1.82, 2.24) is 5.32 Å². The van der Waals surface area contributed by atoms with Crippen LogP contribution in [0.4, 0.5) is 0 Å². The van der Waals surface area contributed by atoms with Crippen molar-refractivity contribution in [3.8, 4) is 0 Å². The third-order valence-corrected chi connectivity index (χ3v) is 4.54. The lowest BCUT2D eigenvalue weighted by Gasteiger charge is -2.33. The molecule has 1 amide bonds. The Morgan fingerprint density at radius 1 is 1.42 bits per heavy atom. The van der Waals surface area contributed by atoms with E-state index < -0.39 is 0 Å². The summed E-state index contributed by atoms with van der Waals surface area (Å²) in [5.41, 5.74) is 6.83. The van der Waals surface area contributed by atoms with Crippen LogP contribution in [0.2, 0.25) is 0 Å². The highest BCUT2D eigenvalue weighted by Crippen LogP contribution is 2.30. The average Bonchev–Trinajstić information content (AvgIpc) is 2.32. The molecular formula is C15H21BrN2O. The fourth-order valence-electron chi connectivity index (χ4n) is 2.43. The third-order valence-electron chi connectivity index (χ3n) is 3.85. The van der Waals surface area contributed by atoms with Gasteiger partial charge in [-0.3, -0.25) is 4.79 Å². The summed E-state index contributed by atoms with van der Waals surface area (Å²) in [6.07, 6.45) is 1.64. The molecule has 1 aromatic rings. The van der Waals surface area contributed by atoms with Crippen LogP contribution in [0, 0.1) is 5.92 Å². The zero-order valence-electron chi connectivity index (χ0n) is 11.4. The van der Waals surface area contributed by atoms with E-state index in [1.807, 2.05) is 18.2 Å². The van der Waals surface area contributed by atoms with E-state index in [9.17, 15) is 4.79 Å². The molecule has 0 spiro atoms. The first kappa shape index (κ1) is 14.5. The molecule has 0 bridgehead atoms. The molecule has 1 aliphatic carbocycles. The van der Waals surface area contributed by atoms with Crippen LogP contribution in [-0.2, 0) is 10.2 Å².